The van der Waals surface area contributed by atoms with Crippen molar-refractivity contribution in [3.63, 3.8) is 0 Å². The van der Waals surface area contributed by atoms with Crippen LogP contribution in [-0.2, 0) is 11.2 Å². The van der Waals surface area contributed by atoms with Crippen LogP contribution in [0.4, 0.5) is 0 Å². The number of hydrogen-bond acceptors (Lipinski definition) is 2. The van der Waals surface area contributed by atoms with Gasteiger partial charge in [0.1, 0.15) is 0 Å². The number of nitrogens with zero attached hydrogens (tertiary/aromatic N) is 1. The molecule has 0 fully saturated rings. The molecule has 0 amide bonds. The zero-order chi connectivity index (χ0) is 11.5. The molecule has 2 heteroatoms. The summed E-state index contributed by atoms with van der Waals surface area (Å²) in [7, 11) is 0. The van der Waals surface area contributed by atoms with Gasteiger partial charge in [0.15, 0.2) is 5.78 Å². The number of aromatic nitrogens is 1. The third-order valence-corrected chi connectivity index (χ3v) is 2.99. The molecule has 1 aliphatic rings. The molecule has 0 aromatic carbocycles. The van der Waals surface area contributed by atoms with E-state index in [2.05, 4.69) is 18.0 Å². The monoisotopic (exact) mass is 215 g/mol. The molecule has 0 aliphatic heterocycles. The minimum Gasteiger partial charge on any atom is -0.295 e. The Bertz CT molecular complexity index is 446. The van der Waals surface area contributed by atoms with Gasteiger partial charge in [0.2, 0.25) is 0 Å². The van der Waals surface area contributed by atoms with Crippen LogP contribution in [0.5, 0.6) is 0 Å². The topological polar surface area (TPSA) is 30.0 Å². The molecule has 1 aliphatic carbocycles. The summed E-state index contributed by atoms with van der Waals surface area (Å²) in [6.07, 6.45) is 7.30. The molecule has 84 valence electrons. The molecule has 0 radical (unpaired) electrons. The van der Waals surface area contributed by atoms with Crippen LogP contribution in [0, 0.1) is 6.92 Å². The lowest BCUT2D eigenvalue weighted by Gasteiger charge is -2.15. The van der Waals surface area contributed by atoms with E-state index in [0.717, 1.165) is 30.5 Å². The van der Waals surface area contributed by atoms with Gasteiger partial charge in [0, 0.05) is 18.3 Å². The van der Waals surface area contributed by atoms with E-state index >= 15 is 0 Å². The van der Waals surface area contributed by atoms with Crippen LogP contribution in [0.3, 0.4) is 0 Å². The zero-order valence-corrected chi connectivity index (χ0v) is 9.92. The molecule has 1 aromatic heterocycles. The van der Waals surface area contributed by atoms with Crippen molar-refractivity contribution in [3.8, 4) is 0 Å². The van der Waals surface area contributed by atoms with Crippen LogP contribution in [0.15, 0.2) is 18.3 Å². The number of allylic oxidation sites excluding steroid dienone is 2. The molecular formula is C14H17NO. The SMILES string of the molecule is CCc1ncc(C)cc1C1=CC(=O)CCC1. The third kappa shape index (κ3) is 2.21. The molecule has 0 bridgehead atoms. The summed E-state index contributed by atoms with van der Waals surface area (Å²) >= 11 is 0. The number of ketones is 1. The van der Waals surface area contributed by atoms with Crippen molar-refractivity contribution in [1.82, 2.24) is 4.98 Å². The summed E-state index contributed by atoms with van der Waals surface area (Å²) < 4.78 is 0. The average Bonchev–Trinajstić information content (AvgIpc) is 2.29. The first-order valence-electron chi connectivity index (χ1n) is 5.90. The largest absolute Gasteiger partial charge is 0.295 e. The zero-order valence-electron chi connectivity index (χ0n) is 9.92. The van der Waals surface area contributed by atoms with E-state index in [1.807, 2.05) is 13.1 Å². The fourth-order valence-electron chi connectivity index (χ4n) is 2.16. The molecule has 1 heterocycles. The van der Waals surface area contributed by atoms with Gasteiger partial charge < -0.3 is 0 Å². The quantitative estimate of drug-likeness (QED) is 0.758. The van der Waals surface area contributed by atoms with Gasteiger partial charge >= 0.3 is 0 Å². The summed E-state index contributed by atoms with van der Waals surface area (Å²) in [6, 6.07) is 2.15. The maximum atomic E-state index is 11.4. The number of carbonyl (C=O) groups is 1. The van der Waals surface area contributed by atoms with Crippen molar-refractivity contribution in [2.75, 3.05) is 0 Å². The van der Waals surface area contributed by atoms with Crippen molar-refractivity contribution >= 4 is 11.4 Å². The van der Waals surface area contributed by atoms with Gasteiger partial charge in [-0.3, -0.25) is 9.78 Å². The van der Waals surface area contributed by atoms with E-state index in [9.17, 15) is 4.79 Å². The van der Waals surface area contributed by atoms with Gasteiger partial charge in [-0.1, -0.05) is 6.92 Å². The molecule has 0 N–H and O–H groups in total. The average molecular weight is 215 g/mol. The van der Waals surface area contributed by atoms with Crippen molar-refractivity contribution < 1.29 is 4.79 Å². The summed E-state index contributed by atoms with van der Waals surface area (Å²) in [5.74, 6) is 0.254. The Morgan fingerprint density at radius 2 is 2.19 bits per heavy atom. The summed E-state index contributed by atoms with van der Waals surface area (Å²) in [5.41, 5.74) is 4.61. The Morgan fingerprint density at radius 3 is 2.88 bits per heavy atom. The van der Waals surface area contributed by atoms with Crippen molar-refractivity contribution in [2.45, 2.75) is 39.5 Å². The Hall–Kier alpha value is -1.44. The summed E-state index contributed by atoms with van der Waals surface area (Å²) in [4.78, 5) is 15.9. The minimum absolute atomic E-state index is 0.254. The molecule has 0 saturated carbocycles. The Balaban J connectivity index is 2.45. The van der Waals surface area contributed by atoms with Crippen LogP contribution in [0.2, 0.25) is 0 Å². The molecule has 2 rings (SSSR count). The lowest BCUT2D eigenvalue weighted by atomic mass is 9.91. The number of aryl methyl sites for hydroxylation is 2. The van der Waals surface area contributed by atoms with E-state index in [1.54, 1.807) is 6.08 Å². The first-order chi connectivity index (χ1) is 7.70. The van der Waals surface area contributed by atoms with E-state index in [-0.39, 0.29) is 5.78 Å². The fourth-order valence-corrected chi connectivity index (χ4v) is 2.16. The predicted octanol–water partition coefficient (Wildman–Crippen LogP) is 3.09. The molecule has 0 unspecified atom stereocenters. The molecule has 1 aromatic rings. The number of carbonyl (C=O) groups excluding carboxylic acids is 1. The van der Waals surface area contributed by atoms with E-state index < -0.39 is 0 Å². The highest BCUT2D eigenvalue weighted by atomic mass is 16.1. The molecule has 0 saturated heterocycles. The predicted molar refractivity (Wildman–Crippen MR) is 65.2 cm³/mol. The number of rotatable bonds is 2. The maximum absolute atomic E-state index is 11.4. The van der Waals surface area contributed by atoms with Crippen LogP contribution in [-0.4, -0.2) is 10.8 Å². The van der Waals surface area contributed by atoms with Gasteiger partial charge in [-0.05, 0) is 55.0 Å². The Labute approximate surface area is 96.4 Å². The van der Waals surface area contributed by atoms with Crippen molar-refractivity contribution in [2.24, 2.45) is 0 Å². The van der Waals surface area contributed by atoms with Crippen LogP contribution < -0.4 is 0 Å². The minimum atomic E-state index is 0.254. The van der Waals surface area contributed by atoms with Gasteiger partial charge in [0.05, 0.1) is 0 Å². The van der Waals surface area contributed by atoms with Crippen LogP contribution >= 0.6 is 0 Å². The highest BCUT2D eigenvalue weighted by molar-refractivity contribution is 5.98. The molecule has 0 spiro atoms. The third-order valence-electron chi connectivity index (χ3n) is 2.99. The molecule has 16 heavy (non-hydrogen) atoms. The lowest BCUT2D eigenvalue weighted by molar-refractivity contribution is -0.114. The summed E-state index contributed by atoms with van der Waals surface area (Å²) in [5, 5.41) is 0. The Kier molecular flexibility index (Phi) is 3.18. The van der Waals surface area contributed by atoms with Crippen molar-refractivity contribution in [3.05, 3.63) is 35.2 Å². The lowest BCUT2D eigenvalue weighted by Crippen LogP contribution is -2.05. The van der Waals surface area contributed by atoms with E-state index in [4.69, 9.17) is 0 Å². The standard InChI is InChI=1S/C14H17NO/c1-3-14-13(7-10(2)9-15-14)11-5-4-6-12(16)8-11/h7-9H,3-6H2,1-2H3. The van der Waals surface area contributed by atoms with Crippen LogP contribution in [0.25, 0.3) is 5.57 Å². The van der Waals surface area contributed by atoms with E-state index in [1.165, 1.54) is 11.1 Å². The maximum Gasteiger partial charge on any atom is 0.155 e. The molecule has 2 nitrogen and oxygen atoms in total. The molecule has 0 atom stereocenters. The smallest absolute Gasteiger partial charge is 0.155 e. The number of hydrogen-bond donors (Lipinski definition) is 0. The highest BCUT2D eigenvalue weighted by Crippen LogP contribution is 2.27. The normalized spacial score (nSPS) is 16.1. The number of pyridine rings is 1. The second-order valence-corrected chi connectivity index (χ2v) is 4.35. The van der Waals surface area contributed by atoms with Crippen LogP contribution in [0.1, 0.15) is 43.0 Å². The van der Waals surface area contributed by atoms with E-state index in [0.29, 0.717) is 6.42 Å². The summed E-state index contributed by atoms with van der Waals surface area (Å²) in [6.45, 7) is 4.15. The Morgan fingerprint density at radius 1 is 1.38 bits per heavy atom. The van der Waals surface area contributed by atoms with Crippen molar-refractivity contribution in [1.29, 1.82) is 0 Å². The second-order valence-electron chi connectivity index (χ2n) is 4.35. The van der Waals surface area contributed by atoms with Gasteiger partial charge in [-0.2, -0.15) is 0 Å². The highest BCUT2D eigenvalue weighted by Gasteiger charge is 2.14. The fraction of sp³-hybridized carbons (Fsp3) is 0.429. The second kappa shape index (κ2) is 4.60. The van der Waals surface area contributed by atoms with Gasteiger partial charge in [-0.25, -0.2) is 0 Å². The van der Waals surface area contributed by atoms with Gasteiger partial charge in [0.25, 0.3) is 0 Å². The first kappa shape index (κ1) is 11.1. The molecular weight excluding hydrogens is 198 g/mol. The first-order valence-corrected chi connectivity index (χ1v) is 5.90. The van der Waals surface area contributed by atoms with Gasteiger partial charge in [-0.15, -0.1) is 0 Å².